The Morgan fingerprint density at radius 3 is 2.15 bits per heavy atom. The van der Waals surface area contributed by atoms with E-state index in [-0.39, 0.29) is 5.12 Å². The molecule has 0 bridgehead atoms. The van der Waals surface area contributed by atoms with E-state index in [1.165, 1.54) is 7.11 Å². The molecule has 0 aliphatic heterocycles. The van der Waals surface area contributed by atoms with Gasteiger partial charge in [0.1, 0.15) is 0 Å². The summed E-state index contributed by atoms with van der Waals surface area (Å²) in [7, 11) is 1.30. The highest BCUT2D eigenvalue weighted by Crippen LogP contribution is 2.25. The highest BCUT2D eigenvalue weighted by Gasteiger charge is 2.17. The third-order valence-electron chi connectivity index (χ3n) is 2.78. The van der Waals surface area contributed by atoms with Gasteiger partial charge in [0, 0.05) is 10.5 Å². The van der Waals surface area contributed by atoms with Crippen LogP contribution in [0.1, 0.15) is 26.3 Å². The molecule has 3 nitrogen and oxygen atoms in total. The number of thioether (sulfide) groups is 1. The summed E-state index contributed by atoms with van der Waals surface area (Å²) in [6.45, 7) is 1.99. The van der Waals surface area contributed by atoms with Gasteiger partial charge in [-0.1, -0.05) is 29.8 Å². The fourth-order valence-corrected chi connectivity index (χ4v) is 2.49. The lowest BCUT2D eigenvalue weighted by molar-refractivity contribution is 0.0598. The van der Waals surface area contributed by atoms with E-state index in [0.717, 1.165) is 22.2 Å². The van der Waals surface area contributed by atoms with Gasteiger partial charge in [0.05, 0.1) is 12.7 Å². The summed E-state index contributed by atoms with van der Waals surface area (Å²) in [5.41, 5.74) is 1.79. The molecular formula is C16H14O3S. The number of hydrogen-bond acceptors (Lipinski definition) is 4. The van der Waals surface area contributed by atoms with Crippen LogP contribution in [0.15, 0.2) is 53.4 Å². The summed E-state index contributed by atoms with van der Waals surface area (Å²) in [5, 5.41) is -0.171. The Hall–Kier alpha value is -2.07. The van der Waals surface area contributed by atoms with Crippen LogP contribution in [-0.4, -0.2) is 18.2 Å². The molecule has 0 aromatic heterocycles. The molecule has 4 heteroatoms. The van der Waals surface area contributed by atoms with Gasteiger partial charge in [0.25, 0.3) is 0 Å². The van der Waals surface area contributed by atoms with Crippen LogP contribution in [0.4, 0.5) is 0 Å². The van der Waals surface area contributed by atoms with E-state index in [1.54, 1.807) is 24.3 Å². The van der Waals surface area contributed by atoms with Gasteiger partial charge in [-0.15, -0.1) is 0 Å². The van der Waals surface area contributed by atoms with Crippen LogP contribution in [-0.2, 0) is 4.74 Å². The molecule has 0 N–H and O–H groups in total. The van der Waals surface area contributed by atoms with Crippen molar-refractivity contribution in [2.24, 2.45) is 0 Å². The molecule has 2 rings (SSSR count). The van der Waals surface area contributed by atoms with E-state index in [0.29, 0.717) is 11.1 Å². The first kappa shape index (κ1) is 14.3. The Kier molecular flexibility index (Phi) is 4.58. The van der Waals surface area contributed by atoms with Crippen LogP contribution >= 0.6 is 11.8 Å². The fourth-order valence-electron chi connectivity index (χ4n) is 1.72. The average Bonchev–Trinajstić information content (AvgIpc) is 2.48. The Morgan fingerprint density at radius 2 is 1.55 bits per heavy atom. The summed E-state index contributed by atoms with van der Waals surface area (Å²) < 4.78 is 4.69. The zero-order valence-electron chi connectivity index (χ0n) is 11.3. The van der Waals surface area contributed by atoms with Crippen molar-refractivity contribution in [3.63, 3.8) is 0 Å². The molecule has 0 spiro atoms. The zero-order valence-corrected chi connectivity index (χ0v) is 12.1. The number of carbonyl (C=O) groups is 2. The number of aryl methyl sites for hydroxylation is 1. The molecule has 0 saturated carbocycles. The quantitative estimate of drug-likeness (QED) is 0.637. The van der Waals surface area contributed by atoms with Gasteiger partial charge in [-0.25, -0.2) is 4.79 Å². The molecule has 20 heavy (non-hydrogen) atoms. The Balaban J connectivity index is 2.25. The largest absolute Gasteiger partial charge is 0.465 e. The molecule has 0 aliphatic rings. The standard InChI is InChI=1S/C16H14O3S/c1-11-7-9-12(10-8-11)20-16(18)14-6-4-3-5-13(14)15(17)19-2/h3-10H,1-2H3. The van der Waals surface area contributed by atoms with Crippen molar-refractivity contribution in [3.8, 4) is 0 Å². The first-order valence-electron chi connectivity index (χ1n) is 6.08. The maximum absolute atomic E-state index is 12.3. The number of esters is 1. The average molecular weight is 286 g/mol. The number of rotatable bonds is 3. The van der Waals surface area contributed by atoms with Crippen LogP contribution < -0.4 is 0 Å². The van der Waals surface area contributed by atoms with Gasteiger partial charge in [-0.2, -0.15) is 0 Å². The normalized spacial score (nSPS) is 10.1. The van der Waals surface area contributed by atoms with Crippen molar-refractivity contribution in [2.45, 2.75) is 11.8 Å². The van der Waals surface area contributed by atoms with Gasteiger partial charge in [-0.3, -0.25) is 4.79 Å². The molecule has 0 saturated heterocycles. The molecule has 0 aliphatic carbocycles. The minimum absolute atomic E-state index is 0.171. The van der Waals surface area contributed by atoms with Crippen molar-refractivity contribution < 1.29 is 14.3 Å². The molecule has 2 aromatic carbocycles. The predicted octanol–water partition coefficient (Wildman–Crippen LogP) is 3.71. The van der Waals surface area contributed by atoms with Gasteiger partial charge in [0.15, 0.2) is 0 Å². The van der Waals surface area contributed by atoms with E-state index in [1.807, 2.05) is 31.2 Å². The van der Waals surface area contributed by atoms with Crippen molar-refractivity contribution in [2.75, 3.05) is 7.11 Å². The first-order valence-corrected chi connectivity index (χ1v) is 6.89. The number of benzene rings is 2. The molecule has 0 heterocycles. The summed E-state index contributed by atoms with van der Waals surface area (Å²) in [4.78, 5) is 24.8. The van der Waals surface area contributed by atoms with Crippen LogP contribution in [0.3, 0.4) is 0 Å². The van der Waals surface area contributed by atoms with Crippen molar-refractivity contribution in [1.29, 1.82) is 0 Å². The monoisotopic (exact) mass is 286 g/mol. The maximum atomic E-state index is 12.3. The number of ether oxygens (including phenoxy) is 1. The number of methoxy groups -OCH3 is 1. The van der Waals surface area contributed by atoms with Gasteiger partial charge in [0.2, 0.25) is 5.12 Å². The van der Waals surface area contributed by atoms with Crippen molar-refractivity contribution >= 4 is 22.8 Å². The molecule has 0 radical (unpaired) electrons. The second kappa shape index (κ2) is 6.39. The lowest BCUT2D eigenvalue weighted by Crippen LogP contribution is -2.08. The molecule has 0 atom stereocenters. The number of carbonyl (C=O) groups excluding carboxylic acids is 2. The summed E-state index contributed by atoms with van der Waals surface area (Å²) in [5.74, 6) is -0.501. The smallest absolute Gasteiger partial charge is 0.338 e. The van der Waals surface area contributed by atoms with E-state index in [4.69, 9.17) is 4.74 Å². The van der Waals surface area contributed by atoms with Crippen molar-refractivity contribution in [3.05, 3.63) is 65.2 Å². The third-order valence-corrected chi connectivity index (χ3v) is 3.70. The van der Waals surface area contributed by atoms with Gasteiger partial charge < -0.3 is 4.74 Å². The maximum Gasteiger partial charge on any atom is 0.338 e. The summed E-state index contributed by atoms with van der Waals surface area (Å²) in [6, 6.07) is 14.3. The molecule has 0 amide bonds. The van der Waals surface area contributed by atoms with E-state index in [2.05, 4.69) is 0 Å². The highest BCUT2D eigenvalue weighted by atomic mass is 32.2. The lowest BCUT2D eigenvalue weighted by atomic mass is 10.1. The SMILES string of the molecule is COC(=O)c1ccccc1C(=O)Sc1ccc(C)cc1. The van der Waals surface area contributed by atoms with E-state index in [9.17, 15) is 9.59 Å². The van der Waals surface area contributed by atoms with Crippen LogP contribution in [0.2, 0.25) is 0 Å². The minimum Gasteiger partial charge on any atom is -0.465 e. The van der Waals surface area contributed by atoms with Gasteiger partial charge in [-0.05, 0) is 43.0 Å². The Morgan fingerprint density at radius 1 is 0.950 bits per heavy atom. The summed E-state index contributed by atoms with van der Waals surface area (Å²) in [6.07, 6.45) is 0. The molecule has 0 unspecified atom stereocenters. The van der Waals surface area contributed by atoms with Crippen LogP contribution in [0.5, 0.6) is 0 Å². The number of hydrogen-bond donors (Lipinski definition) is 0. The predicted molar refractivity (Wildman–Crippen MR) is 79.1 cm³/mol. The van der Waals surface area contributed by atoms with Crippen LogP contribution in [0, 0.1) is 6.92 Å². The Labute approximate surface area is 122 Å². The molecule has 2 aromatic rings. The molecule has 0 fully saturated rings. The zero-order chi connectivity index (χ0) is 14.5. The van der Waals surface area contributed by atoms with E-state index < -0.39 is 5.97 Å². The first-order chi connectivity index (χ1) is 9.61. The minimum atomic E-state index is -0.501. The van der Waals surface area contributed by atoms with Crippen molar-refractivity contribution in [1.82, 2.24) is 0 Å². The van der Waals surface area contributed by atoms with Crippen LogP contribution in [0.25, 0.3) is 0 Å². The topological polar surface area (TPSA) is 43.4 Å². The highest BCUT2D eigenvalue weighted by molar-refractivity contribution is 8.14. The molecule has 102 valence electrons. The molecular weight excluding hydrogens is 272 g/mol. The second-order valence-electron chi connectivity index (χ2n) is 4.24. The van der Waals surface area contributed by atoms with E-state index >= 15 is 0 Å². The Bertz CT molecular complexity index is 632. The lowest BCUT2D eigenvalue weighted by Gasteiger charge is -2.06. The third kappa shape index (κ3) is 3.27. The summed E-state index contributed by atoms with van der Waals surface area (Å²) >= 11 is 1.10. The van der Waals surface area contributed by atoms with Gasteiger partial charge >= 0.3 is 5.97 Å². The second-order valence-corrected chi connectivity index (χ2v) is 5.29. The fraction of sp³-hybridized carbons (Fsp3) is 0.125.